The van der Waals surface area contributed by atoms with Gasteiger partial charge in [0.1, 0.15) is 5.75 Å². The number of hydrazine groups is 1. The number of rotatable bonds is 6. The zero-order valence-corrected chi connectivity index (χ0v) is 15.6. The Bertz CT molecular complexity index is 925. The maximum atomic E-state index is 12.0. The molecule has 0 spiro atoms. The van der Waals surface area contributed by atoms with Crippen LogP contribution in [0.3, 0.4) is 0 Å². The minimum Gasteiger partial charge on any atom is -0.483 e. The van der Waals surface area contributed by atoms with E-state index in [0.717, 1.165) is 16.1 Å². The summed E-state index contributed by atoms with van der Waals surface area (Å²) in [6, 6.07) is 17.3. The number of carbonyl (C=O) groups excluding carboxylic acids is 2. The Labute approximate surface area is 161 Å². The predicted octanol–water partition coefficient (Wildman–Crippen LogP) is 2.89. The van der Waals surface area contributed by atoms with Gasteiger partial charge in [-0.15, -0.1) is 11.3 Å². The molecule has 27 heavy (non-hydrogen) atoms. The second-order valence-electron chi connectivity index (χ2n) is 5.78. The summed E-state index contributed by atoms with van der Waals surface area (Å²) in [5.41, 5.74) is 7.30. The summed E-state index contributed by atoms with van der Waals surface area (Å²) in [6.45, 7) is 1.67. The SMILES string of the molecule is Cc1nc(CC(=O)NNC(=O)COc2ccccc2-c2ccccc2)cs1. The first kappa shape index (κ1) is 18.6. The van der Waals surface area contributed by atoms with E-state index in [-0.39, 0.29) is 18.9 Å². The summed E-state index contributed by atoms with van der Waals surface area (Å²) in [7, 11) is 0. The van der Waals surface area contributed by atoms with E-state index in [0.29, 0.717) is 11.4 Å². The van der Waals surface area contributed by atoms with Crippen molar-refractivity contribution < 1.29 is 14.3 Å². The van der Waals surface area contributed by atoms with Crippen LogP contribution < -0.4 is 15.6 Å². The van der Waals surface area contributed by atoms with Gasteiger partial charge in [-0.3, -0.25) is 20.4 Å². The van der Waals surface area contributed by atoms with Crippen LogP contribution in [-0.4, -0.2) is 23.4 Å². The third-order valence-corrected chi connectivity index (χ3v) is 4.50. The van der Waals surface area contributed by atoms with Gasteiger partial charge >= 0.3 is 0 Å². The Hall–Kier alpha value is -3.19. The number of hydrogen-bond acceptors (Lipinski definition) is 5. The van der Waals surface area contributed by atoms with Crippen molar-refractivity contribution in [3.8, 4) is 16.9 Å². The van der Waals surface area contributed by atoms with Gasteiger partial charge in [0.25, 0.3) is 5.91 Å². The minimum atomic E-state index is -0.444. The summed E-state index contributed by atoms with van der Waals surface area (Å²) in [5, 5.41) is 2.72. The van der Waals surface area contributed by atoms with E-state index in [9.17, 15) is 9.59 Å². The van der Waals surface area contributed by atoms with Gasteiger partial charge in [-0.05, 0) is 18.6 Å². The van der Waals surface area contributed by atoms with Crippen LogP contribution in [0.4, 0.5) is 0 Å². The van der Waals surface area contributed by atoms with E-state index < -0.39 is 5.91 Å². The molecule has 0 aliphatic heterocycles. The molecule has 1 aromatic heterocycles. The van der Waals surface area contributed by atoms with Crippen LogP contribution in [0.15, 0.2) is 60.0 Å². The summed E-state index contributed by atoms with van der Waals surface area (Å²) in [6.07, 6.45) is 0.113. The number of hydrogen-bond donors (Lipinski definition) is 2. The van der Waals surface area contributed by atoms with E-state index in [1.165, 1.54) is 11.3 Å². The molecule has 0 saturated carbocycles. The molecule has 0 aliphatic carbocycles. The molecule has 0 radical (unpaired) electrons. The molecule has 6 nitrogen and oxygen atoms in total. The van der Waals surface area contributed by atoms with E-state index in [4.69, 9.17) is 4.74 Å². The zero-order valence-electron chi connectivity index (χ0n) is 14.8. The smallest absolute Gasteiger partial charge is 0.276 e. The lowest BCUT2D eigenvalue weighted by atomic mass is 10.1. The van der Waals surface area contributed by atoms with E-state index in [2.05, 4.69) is 15.8 Å². The Morgan fingerprint density at radius 1 is 1.00 bits per heavy atom. The van der Waals surface area contributed by atoms with Gasteiger partial charge in [-0.1, -0.05) is 48.5 Å². The molecule has 0 saturated heterocycles. The van der Waals surface area contributed by atoms with Gasteiger partial charge in [0.15, 0.2) is 6.61 Å². The minimum absolute atomic E-state index is 0.113. The number of benzene rings is 2. The van der Waals surface area contributed by atoms with E-state index >= 15 is 0 Å². The van der Waals surface area contributed by atoms with Crippen molar-refractivity contribution in [3.63, 3.8) is 0 Å². The molecular formula is C20H19N3O3S. The molecule has 7 heteroatoms. The van der Waals surface area contributed by atoms with Gasteiger partial charge in [-0.2, -0.15) is 0 Å². The Kier molecular flexibility index (Phi) is 6.17. The molecule has 3 aromatic rings. The molecule has 0 unspecified atom stereocenters. The second kappa shape index (κ2) is 8.95. The monoisotopic (exact) mass is 381 g/mol. The molecule has 138 valence electrons. The third kappa shape index (κ3) is 5.39. The van der Waals surface area contributed by atoms with Crippen molar-refractivity contribution in [2.24, 2.45) is 0 Å². The standard InChI is InChI=1S/C20H19N3O3S/c1-14-21-16(13-27-14)11-19(24)22-23-20(25)12-26-18-10-6-5-9-17(18)15-7-3-2-4-8-15/h2-10,13H,11-12H2,1H3,(H,22,24)(H,23,25). The van der Waals surface area contributed by atoms with Crippen LogP contribution in [0, 0.1) is 6.92 Å². The highest BCUT2D eigenvalue weighted by atomic mass is 32.1. The summed E-state index contributed by atoms with van der Waals surface area (Å²) in [4.78, 5) is 28.0. The number of aromatic nitrogens is 1. The number of para-hydroxylation sites is 1. The average Bonchev–Trinajstić information content (AvgIpc) is 3.10. The Morgan fingerprint density at radius 3 is 2.44 bits per heavy atom. The van der Waals surface area contributed by atoms with Crippen LogP contribution in [0.25, 0.3) is 11.1 Å². The molecule has 2 amide bonds. The molecule has 2 aromatic carbocycles. The van der Waals surface area contributed by atoms with Gasteiger partial charge in [-0.25, -0.2) is 4.98 Å². The van der Waals surface area contributed by atoms with Gasteiger partial charge in [0, 0.05) is 10.9 Å². The number of carbonyl (C=O) groups is 2. The van der Waals surface area contributed by atoms with Crippen molar-refractivity contribution in [2.45, 2.75) is 13.3 Å². The van der Waals surface area contributed by atoms with Crippen molar-refractivity contribution in [2.75, 3.05) is 6.61 Å². The lowest BCUT2D eigenvalue weighted by Gasteiger charge is -2.12. The maximum Gasteiger partial charge on any atom is 0.276 e. The van der Waals surface area contributed by atoms with Gasteiger partial charge in [0.2, 0.25) is 5.91 Å². The van der Waals surface area contributed by atoms with Crippen LogP contribution >= 0.6 is 11.3 Å². The number of nitrogens with zero attached hydrogens (tertiary/aromatic N) is 1. The first-order chi connectivity index (χ1) is 13.1. The van der Waals surface area contributed by atoms with Crippen LogP contribution in [0.5, 0.6) is 5.75 Å². The number of amides is 2. The summed E-state index contributed by atoms with van der Waals surface area (Å²) in [5.74, 6) is -0.179. The quantitative estimate of drug-likeness (QED) is 0.644. The summed E-state index contributed by atoms with van der Waals surface area (Å²) < 4.78 is 5.63. The highest BCUT2D eigenvalue weighted by Gasteiger charge is 2.10. The fourth-order valence-electron chi connectivity index (χ4n) is 2.47. The van der Waals surface area contributed by atoms with Crippen molar-refractivity contribution in [1.29, 1.82) is 0 Å². The molecule has 0 fully saturated rings. The third-order valence-electron chi connectivity index (χ3n) is 3.68. The first-order valence-electron chi connectivity index (χ1n) is 8.38. The largest absolute Gasteiger partial charge is 0.483 e. The fraction of sp³-hybridized carbons (Fsp3) is 0.150. The number of nitrogens with one attached hydrogen (secondary N) is 2. The topological polar surface area (TPSA) is 80.3 Å². The molecule has 0 atom stereocenters. The van der Waals surface area contributed by atoms with Gasteiger partial charge in [0.05, 0.1) is 17.1 Å². The second-order valence-corrected chi connectivity index (χ2v) is 6.84. The predicted molar refractivity (Wildman–Crippen MR) is 104 cm³/mol. The lowest BCUT2D eigenvalue weighted by molar-refractivity contribution is -0.129. The maximum absolute atomic E-state index is 12.0. The fourth-order valence-corrected chi connectivity index (χ4v) is 3.08. The van der Waals surface area contributed by atoms with E-state index in [1.807, 2.05) is 60.8 Å². The number of aryl methyl sites for hydroxylation is 1. The molecule has 0 aliphatic rings. The van der Waals surface area contributed by atoms with Crippen molar-refractivity contribution in [1.82, 2.24) is 15.8 Å². The first-order valence-corrected chi connectivity index (χ1v) is 9.26. The summed E-state index contributed by atoms with van der Waals surface area (Å²) >= 11 is 1.48. The number of ether oxygens (including phenoxy) is 1. The highest BCUT2D eigenvalue weighted by molar-refractivity contribution is 7.09. The van der Waals surface area contributed by atoms with Crippen LogP contribution in [0.1, 0.15) is 10.7 Å². The van der Waals surface area contributed by atoms with Crippen molar-refractivity contribution >= 4 is 23.2 Å². The molecule has 0 bridgehead atoms. The average molecular weight is 381 g/mol. The molecule has 3 rings (SSSR count). The molecule has 1 heterocycles. The zero-order chi connectivity index (χ0) is 19.1. The van der Waals surface area contributed by atoms with E-state index in [1.54, 1.807) is 6.07 Å². The van der Waals surface area contributed by atoms with Crippen molar-refractivity contribution in [3.05, 3.63) is 70.7 Å². The lowest BCUT2D eigenvalue weighted by Crippen LogP contribution is -2.44. The normalized spacial score (nSPS) is 10.3. The number of thiazole rings is 1. The molecule has 2 N–H and O–H groups in total. The van der Waals surface area contributed by atoms with Gasteiger partial charge < -0.3 is 4.74 Å². The van der Waals surface area contributed by atoms with Crippen LogP contribution in [-0.2, 0) is 16.0 Å². The molecular weight excluding hydrogens is 362 g/mol. The highest BCUT2D eigenvalue weighted by Crippen LogP contribution is 2.29. The van der Waals surface area contributed by atoms with Crippen LogP contribution in [0.2, 0.25) is 0 Å². The Morgan fingerprint density at radius 2 is 1.70 bits per heavy atom. The Balaban J connectivity index is 1.50.